The monoisotopic (exact) mass is 415 g/mol. The average molecular weight is 415 g/mol. The van der Waals surface area contributed by atoms with E-state index in [0.29, 0.717) is 13.1 Å². The van der Waals surface area contributed by atoms with Crippen LogP contribution in [0.2, 0.25) is 0 Å². The molecular weight excluding hydrogens is 394 g/mol. The van der Waals surface area contributed by atoms with Crippen LogP contribution in [0.1, 0.15) is 24.0 Å². The van der Waals surface area contributed by atoms with Crippen molar-refractivity contribution in [1.82, 2.24) is 4.31 Å². The number of nitro groups is 1. The summed E-state index contributed by atoms with van der Waals surface area (Å²) in [5.41, 5.74) is 1.46. The molecule has 9 heteroatoms. The molecule has 1 atom stereocenters. The van der Waals surface area contributed by atoms with Crippen LogP contribution in [-0.2, 0) is 16.4 Å². The first-order valence-corrected chi connectivity index (χ1v) is 10.7. The van der Waals surface area contributed by atoms with E-state index in [1.165, 1.54) is 16.4 Å². The predicted molar refractivity (Wildman–Crippen MR) is 106 cm³/mol. The number of aryl methyl sites for hydroxylation is 1. The summed E-state index contributed by atoms with van der Waals surface area (Å²) in [5.74, 6) is -0.131. The first-order valence-electron chi connectivity index (χ1n) is 9.21. The van der Waals surface area contributed by atoms with Crippen molar-refractivity contribution in [2.75, 3.05) is 13.1 Å². The van der Waals surface area contributed by atoms with Gasteiger partial charge in [-0.3, -0.25) is 10.1 Å². The Morgan fingerprint density at radius 1 is 1.21 bits per heavy atom. The molecule has 0 unspecified atom stereocenters. The van der Waals surface area contributed by atoms with Crippen LogP contribution in [0.25, 0.3) is 0 Å². The highest BCUT2D eigenvalue weighted by Crippen LogP contribution is 2.32. The average Bonchev–Trinajstić information content (AvgIpc) is 3.25. The minimum Gasteiger partial charge on any atom is -0.468 e. The Kier molecular flexibility index (Phi) is 6.15. The molecule has 1 fully saturated rings. The Hall–Kier alpha value is -2.96. The summed E-state index contributed by atoms with van der Waals surface area (Å²) in [4.78, 5) is 10.7. The largest absolute Gasteiger partial charge is 0.468 e. The molecule has 0 radical (unpaired) electrons. The number of nitrogens with zero attached hydrogens (tertiary/aromatic N) is 3. The number of hydrogen-bond donors (Lipinski definition) is 0. The van der Waals surface area contributed by atoms with E-state index in [1.807, 2.05) is 37.3 Å². The number of sulfonamides is 1. The fraction of sp³-hybridized carbons (Fsp3) is 0.350. The lowest BCUT2D eigenvalue weighted by molar-refractivity contribution is -0.386. The lowest BCUT2D eigenvalue weighted by atomic mass is 10.1. The lowest BCUT2D eigenvalue weighted by Gasteiger charge is -2.17. The van der Waals surface area contributed by atoms with E-state index in [0.717, 1.165) is 30.0 Å². The molecule has 3 rings (SSSR count). The zero-order chi connectivity index (χ0) is 21.0. The van der Waals surface area contributed by atoms with E-state index in [-0.39, 0.29) is 17.1 Å². The maximum atomic E-state index is 12.7. The Morgan fingerprint density at radius 2 is 1.86 bits per heavy atom. The molecule has 152 valence electrons. The molecule has 1 aliphatic heterocycles. The van der Waals surface area contributed by atoms with Gasteiger partial charge >= 0.3 is 5.69 Å². The topological polar surface area (TPSA) is 114 Å². The van der Waals surface area contributed by atoms with Gasteiger partial charge in [-0.1, -0.05) is 29.8 Å². The maximum absolute atomic E-state index is 12.7. The number of ether oxygens (including phenoxy) is 1. The van der Waals surface area contributed by atoms with E-state index in [9.17, 15) is 23.8 Å². The van der Waals surface area contributed by atoms with Crippen molar-refractivity contribution in [2.45, 2.75) is 37.2 Å². The van der Waals surface area contributed by atoms with Crippen molar-refractivity contribution < 1.29 is 18.1 Å². The van der Waals surface area contributed by atoms with E-state index in [1.54, 1.807) is 0 Å². The van der Waals surface area contributed by atoms with Gasteiger partial charge in [0.05, 0.1) is 9.82 Å². The smallest absolute Gasteiger partial charge is 0.312 e. The zero-order valence-corrected chi connectivity index (χ0v) is 16.8. The van der Waals surface area contributed by atoms with Crippen molar-refractivity contribution in [1.29, 1.82) is 5.26 Å². The highest BCUT2D eigenvalue weighted by atomic mass is 32.2. The zero-order valence-electron chi connectivity index (χ0n) is 15.9. The molecule has 29 heavy (non-hydrogen) atoms. The minimum atomic E-state index is -3.79. The first-order chi connectivity index (χ1) is 13.8. The molecule has 1 saturated heterocycles. The second kappa shape index (κ2) is 8.59. The van der Waals surface area contributed by atoms with Crippen LogP contribution in [0.5, 0.6) is 5.75 Å². The summed E-state index contributed by atoms with van der Waals surface area (Å²) in [6.07, 6.45) is 0.843. The molecule has 2 aromatic carbocycles. The second-order valence-corrected chi connectivity index (χ2v) is 8.86. The van der Waals surface area contributed by atoms with Gasteiger partial charge in [-0.15, -0.1) is 0 Å². The van der Waals surface area contributed by atoms with Crippen molar-refractivity contribution in [2.24, 2.45) is 0 Å². The van der Waals surface area contributed by atoms with Gasteiger partial charge in [-0.05, 0) is 37.5 Å². The third-order valence-corrected chi connectivity index (χ3v) is 6.68. The number of nitriles is 1. The van der Waals surface area contributed by atoms with Crippen LogP contribution >= 0.6 is 0 Å². The van der Waals surface area contributed by atoms with Gasteiger partial charge in [0.2, 0.25) is 10.0 Å². The quantitative estimate of drug-likeness (QED) is 0.507. The molecule has 1 aliphatic rings. The Balaban J connectivity index is 1.85. The highest BCUT2D eigenvalue weighted by molar-refractivity contribution is 7.89. The van der Waals surface area contributed by atoms with Gasteiger partial charge < -0.3 is 4.74 Å². The second-order valence-electron chi connectivity index (χ2n) is 6.92. The number of benzene rings is 2. The third kappa shape index (κ3) is 4.72. The molecule has 2 aromatic rings. The van der Waals surface area contributed by atoms with Crippen molar-refractivity contribution in [3.05, 3.63) is 63.7 Å². The summed E-state index contributed by atoms with van der Waals surface area (Å²) < 4.78 is 32.2. The van der Waals surface area contributed by atoms with Crippen LogP contribution in [0.4, 0.5) is 5.69 Å². The number of hydrogen-bond acceptors (Lipinski definition) is 6. The molecule has 0 N–H and O–H groups in total. The van der Waals surface area contributed by atoms with Crippen molar-refractivity contribution >= 4 is 15.7 Å². The summed E-state index contributed by atoms with van der Waals surface area (Å²) in [6, 6.07) is 13.1. The Labute approximate surface area is 169 Å². The van der Waals surface area contributed by atoms with Crippen LogP contribution < -0.4 is 4.74 Å². The van der Waals surface area contributed by atoms with E-state index >= 15 is 0 Å². The van der Waals surface area contributed by atoms with Gasteiger partial charge in [-0.25, -0.2) is 8.42 Å². The van der Waals surface area contributed by atoms with Gasteiger partial charge in [0.1, 0.15) is 6.07 Å². The van der Waals surface area contributed by atoms with Crippen LogP contribution in [0.3, 0.4) is 0 Å². The fourth-order valence-electron chi connectivity index (χ4n) is 3.18. The Bertz CT molecular complexity index is 1040. The van der Waals surface area contributed by atoms with Crippen LogP contribution in [0, 0.1) is 28.4 Å². The molecule has 0 saturated carbocycles. The molecule has 0 spiro atoms. The fourth-order valence-corrected chi connectivity index (χ4v) is 4.72. The van der Waals surface area contributed by atoms with Gasteiger partial charge in [0, 0.05) is 25.6 Å². The standard InChI is InChI=1S/C20H21N3O5S/c1-15-4-6-16(7-5-15)12-17(14-21)28-20-9-8-18(13-19(20)23(24)25)29(26,27)22-10-2-3-11-22/h4-9,13,17H,2-3,10-12H2,1H3/t17-/m0/s1. The first kappa shape index (κ1) is 20.8. The molecular formula is C20H21N3O5S. The molecule has 0 bridgehead atoms. The van der Waals surface area contributed by atoms with Crippen molar-refractivity contribution in [3.8, 4) is 11.8 Å². The molecule has 1 heterocycles. The minimum absolute atomic E-state index is 0.131. The molecule has 8 nitrogen and oxygen atoms in total. The summed E-state index contributed by atoms with van der Waals surface area (Å²) >= 11 is 0. The van der Waals surface area contributed by atoms with Gasteiger partial charge in [-0.2, -0.15) is 9.57 Å². The highest BCUT2D eigenvalue weighted by Gasteiger charge is 2.30. The SMILES string of the molecule is Cc1ccc(C[C@@H](C#N)Oc2ccc(S(=O)(=O)N3CCCC3)cc2[N+](=O)[O-])cc1. The summed E-state index contributed by atoms with van der Waals surface area (Å²) in [7, 11) is -3.79. The maximum Gasteiger partial charge on any atom is 0.312 e. The van der Waals surface area contributed by atoms with E-state index < -0.39 is 26.7 Å². The van der Waals surface area contributed by atoms with Gasteiger partial charge in [0.15, 0.2) is 11.9 Å². The summed E-state index contributed by atoms with van der Waals surface area (Å²) in [6.45, 7) is 2.76. The number of rotatable bonds is 7. The normalized spacial score (nSPS) is 15.6. The number of nitro benzene ring substituents is 1. The molecule has 0 aliphatic carbocycles. The van der Waals surface area contributed by atoms with Gasteiger partial charge in [0.25, 0.3) is 0 Å². The van der Waals surface area contributed by atoms with Crippen LogP contribution in [-0.4, -0.2) is 36.8 Å². The third-order valence-electron chi connectivity index (χ3n) is 4.78. The summed E-state index contributed by atoms with van der Waals surface area (Å²) in [5, 5.41) is 20.9. The van der Waals surface area contributed by atoms with Crippen LogP contribution in [0.15, 0.2) is 47.4 Å². The Morgan fingerprint density at radius 3 is 2.45 bits per heavy atom. The lowest BCUT2D eigenvalue weighted by Crippen LogP contribution is -2.28. The van der Waals surface area contributed by atoms with Crippen molar-refractivity contribution in [3.63, 3.8) is 0 Å². The molecule has 0 aromatic heterocycles. The predicted octanol–water partition coefficient (Wildman–Crippen LogP) is 3.20. The van der Waals surface area contributed by atoms with E-state index in [4.69, 9.17) is 4.74 Å². The van der Waals surface area contributed by atoms with E-state index in [2.05, 4.69) is 0 Å². The molecule has 0 amide bonds.